The third-order valence-corrected chi connectivity index (χ3v) is 6.15. The summed E-state index contributed by atoms with van der Waals surface area (Å²) < 4.78 is 0. The van der Waals surface area contributed by atoms with E-state index in [-0.39, 0.29) is 5.54 Å². The van der Waals surface area contributed by atoms with Gasteiger partial charge in [0.25, 0.3) is 0 Å². The first-order valence-electron chi connectivity index (χ1n) is 6.96. The minimum absolute atomic E-state index is 0.337. The van der Waals surface area contributed by atoms with Crippen molar-refractivity contribution in [3.8, 4) is 0 Å². The lowest BCUT2D eigenvalue weighted by Crippen LogP contribution is -2.63. The molecular formula is C14H27NOS. The van der Waals surface area contributed by atoms with Crippen LogP contribution in [0.4, 0.5) is 0 Å². The zero-order chi connectivity index (χ0) is 12.6. The second kappa shape index (κ2) is 4.75. The van der Waals surface area contributed by atoms with Crippen molar-refractivity contribution in [2.45, 2.75) is 69.9 Å². The van der Waals surface area contributed by atoms with Crippen molar-refractivity contribution in [3.63, 3.8) is 0 Å². The molecule has 2 unspecified atom stereocenters. The molecular weight excluding hydrogens is 230 g/mol. The lowest BCUT2D eigenvalue weighted by molar-refractivity contribution is -0.0457. The zero-order valence-electron chi connectivity index (χ0n) is 11.3. The van der Waals surface area contributed by atoms with Crippen LogP contribution in [0.5, 0.6) is 0 Å². The fraction of sp³-hybridized carbons (Fsp3) is 1.00. The van der Waals surface area contributed by atoms with Gasteiger partial charge in [0, 0.05) is 5.75 Å². The molecule has 1 saturated carbocycles. The van der Waals surface area contributed by atoms with Crippen LogP contribution in [0.25, 0.3) is 0 Å². The summed E-state index contributed by atoms with van der Waals surface area (Å²) in [5.74, 6) is 2.14. The molecule has 100 valence electrons. The summed E-state index contributed by atoms with van der Waals surface area (Å²) in [6.07, 6.45) is 7.38. The third kappa shape index (κ3) is 2.82. The first-order chi connectivity index (χ1) is 7.87. The van der Waals surface area contributed by atoms with Crippen LogP contribution in [0.1, 0.15) is 58.8 Å². The zero-order valence-corrected chi connectivity index (χ0v) is 12.1. The minimum Gasteiger partial charge on any atom is -0.388 e. The second-order valence-electron chi connectivity index (χ2n) is 6.86. The highest BCUT2D eigenvalue weighted by Gasteiger charge is 2.49. The Morgan fingerprint density at radius 2 is 1.76 bits per heavy atom. The van der Waals surface area contributed by atoms with Crippen LogP contribution in [0.2, 0.25) is 0 Å². The number of thioether (sulfide) groups is 1. The Hall–Kier alpha value is 0.270. The number of rotatable bonds is 1. The van der Waals surface area contributed by atoms with Crippen molar-refractivity contribution in [2.75, 3.05) is 11.5 Å². The highest BCUT2D eigenvalue weighted by molar-refractivity contribution is 7.99. The van der Waals surface area contributed by atoms with Crippen LogP contribution in [0, 0.1) is 5.41 Å². The fourth-order valence-corrected chi connectivity index (χ4v) is 4.61. The molecule has 0 bridgehead atoms. The first-order valence-corrected chi connectivity index (χ1v) is 8.12. The smallest absolute Gasteiger partial charge is 0.0834 e. The van der Waals surface area contributed by atoms with E-state index in [4.69, 9.17) is 5.73 Å². The maximum atomic E-state index is 11.0. The minimum atomic E-state index is -0.617. The maximum absolute atomic E-state index is 11.0. The van der Waals surface area contributed by atoms with Gasteiger partial charge in [0.05, 0.1) is 11.1 Å². The lowest BCUT2D eigenvalue weighted by atomic mass is 9.73. The summed E-state index contributed by atoms with van der Waals surface area (Å²) in [6, 6.07) is 0. The predicted molar refractivity (Wildman–Crippen MR) is 75.3 cm³/mol. The Bertz CT molecular complexity index is 273. The monoisotopic (exact) mass is 257 g/mol. The van der Waals surface area contributed by atoms with E-state index in [0.29, 0.717) is 5.41 Å². The van der Waals surface area contributed by atoms with E-state index in [9.17, 15) is 5.11 Å². The van der Waals surface area contributed by atoms with Crippen LogP contribution in [-0.2, 0) is 0 Å². The molecule has 1 saturated heterocycles. The molecule has 1 aliphatic carbocycles. The van der Waals surface area contributed by atoms with Crippen LogP contribution in [0.3, 0.4) is 0 Å². The molecule has 0 aromatic heterocycles. The standard InChI is InChI=1S/C14H27NOS/c1-12(2)5-3-7-14(16,9-8-12)13(15)6-4-10-17-11-13/h16H,3-11,15H2,1-2H3. The van der Waals surface area contributed by atoms with E-state index >= 15 is 0 Å². The molecule has 2 fully saturated rings. The SMILES string of the molecule is CC1(C)CCCC(O)(C2(N)CCCSC2)CC1. The molecule has 0 spiro atoms. The molecule has 0 aromatic rings. The number of aliphatic hydroxyl groups is 1. The molecule has 3 N–H and O–H groups in total. The molecule has 3 heteroatoms. The summed E-state index contributed by atoms with van der Waals surface area (Å²) in [4.78, 5) is 0. The summed E-state index contributed by atoms with van der Waals surface area (Å²) >= 11 is 1.92. The van der Waals surface area contributed by atoms with Gasteiger partial charge in [0.2, 0.25) is 0 Å². The Kier molecular flexibility index (Phi) is 3.82. The Morgan fingerprint density at radius 1 is 1.00 bits per heavy atom. The van der Waals surface area contributed by atoms with Gasteiger partial charge >= 0.3 is 0 Å². The van der Waals surface area contributed by atoms with Gasteiger partial charge in [-0.15, -0.1) is 0 Å². The maximum Gasteiger partial charge on any atom is 0.0834 e. The number of nitrogens with two attached hydrogens (primary N) is 1. The van der Waals surface area contributed by atoms with Crippen molar-refractivity contribution in [1.82, 2.24) is 0 Å². The molecule has 1 heterocycles. The lowest BCUT2D eigenvalue weighted by Gasteiger charge is -2.47. The summed E-state index contributed by atoms with van der Waals surface area (Å²) in [5.41, 5.74) is 5.98. The van der Waals surface area contributed by atoms with E-state index in [1.165, 1.54) is 12.2 Å². The van der Waals surface area contributed by atoms with Crippen molar-refractivity contribution < 1.29 is 5.11 Å². The molecule has 2 rings (SSSR count). The highest BCUT2D eigenvalue weighted by Crippen LogP contribution is 2.45. The van der Waals surface area contributed by atoms with Gasteiger partial charge in [-0.1, -0.05) is 13.8 Å². The van der Waals surface area contributed by atoms with E-state index in [0.717, 1.165) is 44.3 Å². The highest BCUT2D eigenvalue weighted by atomic mass is 32.2. The largest absolute Gasteiger partial charge is 0.388 e. The molecule has 2 aliphatic rings. The van der Waals surface area contributed by atoms with E-state index < -0.39 is 5.60 Å². The topological polar surface area (TPSA) is 46.2 Å². The number of hydrogen-bond donors (Lipinski definition) is 2. The Labute approximate surface area is 110 Å². The molecule has 2 nitrogen and oxygen atoms in total. The van der Waals surface area contributed by atoms with Gasteiger partial charge in [0.1, 0.15) is 0 Å². The Morgan fingerprint density at radius 3 is 2.41 bits per heavy atom. The average molecular weight is 257 g/mol. The van der Waals surface area contributed by atoms with Crippen LogP contribution >= 0.6 is 11.8 Å². The van der Waals surface area contributed by atoms with Gasteiger partial charge in [0.15, 0.2) is 0 Å². The number of hydrogen-bond acceptors (Lipinski definition) is 3. The van der Waals surface area contributed by atoms with Gasteiger partial charge < -0.3 is 10.8 Å². The quantitative estimate of drug-likeness (QED) is 0.710. The first kappa shape index (κ1) is 13.7. The van der Waals surface area contributed by atoms with Crippen LogP contribution in [0.15, 0.2) is 0 Å². The third-order valence-electron chi connectivity index (χ3n) is 4.86. The van der Waals surface area contributed by atoms with Crippen molar-refractivity contribution >= 4 is 11.8 Å². The molecule has 1 aliphatic heterocycles. The molecule has 17 heavy (non-hydrogen) atoms. The van der Waals surface area contributed by atoms with E-state index in [2.05, 4.69) is 13.8 Å². The van der Waals surface area contributed by atoms with E-state index in [1.807, 2.05) is 11.8 Å². The molecule has 0 radical (unpaired) electrons. The second-order valence-corrected chi connectivity index (χ2v) is 7.97. The van der Waals surface area contributed by atoms with Crippen molar-refractivity contribution in [1.29, 1.82) is 0 Å². The van der Waals surface area contributed by atoms with Crippen molar-refractivity contribution in [3.05, 3.63) is 0 Å². The fourth-order valence-electron chi connectivity index (χ4n) is 3.34. The summed E-state index contributed by atoms with van der Waals surface area (Å²) in [5, 5.41) is 11.0. The van der Waals surface area contributed by atoms with Crippen molar-refractivity contribution in [2.24, 2.45) is 11.1 Å². The van der Waals surface area contributed by atoms with Gasteiger partial charge in [-0.3, -0.25) is 0 Å². The van der Waals surface area contributed by atoms with Gasteiger partial charge in [-0.05, 0) is 56.1 Å². The summed E-state index contributed by atoms with van der Waals surface area (Å²) in [7, 11) is 0. The molecule has 2 atom stereocenters. The van der Waals surface area contributed by atoms with Gasteiger partial charge in [-0.25, -0.2) is 0 Å². The summed E-state index contributed by atoms with van der Waals surface area (Å²) in [6.45, 7) is 4.63. The molecule has 0 amide bonds. The van der Waals surface area contributed by atoms with Crippen LogP contribution in [-0.4, -0.2) is 27.8 Å². The molecule has 0 aromatic carbocycles. The normalized spacial score (nSPS) is 43.1. The van der Waals surface area contributed by atoms with Crippen LogP contribution < -0.4 is 5.73 Å². The Balaban J connectivity index is 2.12. The van der Waals surface area contributed by atoms with E-state index in [1.54, 1.807) is 0 Å². The predicted octanol–water partition coefficient (Wildman–Crippen LogP) is 2.93. The average Bonchev–Trinajstić information content (AvgIpc) is 2.40. The van der Waals surface area contributed by atoms with Gasteiger partial charge in [-0.2, -0.15) is 11.8 Å².